The van der Waals surface area contributed by atoms with Crippen molar-refractivity contribution < 1.29 is 18.8 Å². The Hall–Kier alpha value is -1.60. The fourth-order valence-electron chi connectivity index (χ4n) is 2.09. The van der Waals surface area contributed by atoms with E-state index in [2.05, 4.69) is 33.9 Å². The molecule has 0 saturated carbocycles. The van der Waals surface area contributed by atoms with E-state index in [1.54, 1.807) is 39.3 Å². The van der Waals surface area contributed by atoms with Crippen LogP contribution in [0.5, 0.6) is 11.5 Å². The van der Waals surface area contributed by atoms with E-state index in [1.165, 1.54) is 0 Å². The number of methoxy groups -OCH3 is 2. The monoisotopic (exact) mass is 355 g/mol. The van der Waals surface area contributed by atoms with Crippen LogP contribution in [0.25, 0.3) is 0 Å². The third-order valence-electron chi connectivity index (χ3n) is 4.74. The van der Waals surface area contributed by atoms with E-state index in [1.807, 2.05) is 0 Å². The number of benzene rings is 1. The second-order valence-electron chi connectivity index (χ2n) is 7.43. The van der Waals surface area contributed by atoms with Crippen molar-refractivity contribution in [1.82, 2.24) is 0 Å². The van der Waals surface area contributed by atoms with Gasteiger partial charge in [0.25, 0.3) is 0 Å². The van der Waals surface area contributed by atoms with E-state index < -0.39 is 20.5 Å². The molecule has 0 heterocycles. The maximum Gasteiger partial charge on any atom is 0.239 e. The Kier molecular flexibility index (Phi) is 6.41. The maximum atomic E-state index is 11.5. The highest BCUT2D eigenvalue weighted by Gasteiger charge is 2.43. The first-order chi connectivity index (χ1) is 10.9. The third kappa shape index (κ3) is 4.48. The Labute approximate surface area is 145 Å². The Morgan fingerprint density at radius 2 is 1.75 bits per heavy atom. The van der Waals surface area contributed by atoms with Crippen LogP contribution in [0.2, 0.25) is 18.1 Å². The summed E-state index contributed by atoms with van der Waals surface area (Å²) in [6.07, 6.45) is -0.703. The fraction of sp³-hybridized carbons (Fsp3) is 0.647. The van der Waals surface area contributed by atoms with Gasteiger partial charge in [0, 0.05) is 17.4 Å². The number of ether oxygens (including phenoxy) is 2. The van der Waals surface area contributed by atoms with E-state index in [-0.39, 0.29) is 9.96 Å². The molecule has 7 heteroatoms. The standard InChI is InChI=1S/C17H29NO5Si/c1-12(18(19)20)16(23-24(7,8)17(2,3)4)14-11-13(21-5)9-10-15(14)22-6/h9-12,16H,1-8H3. The number of hydrogen-bond acceptors (Lipinski definition) is 5. The van der Waals surface area contributed by atoms with Crippen molar-refractivity contribution in [1.29, 1.82) is 0 Å². The Morgan fingerprint density at radius 3 is 2.17 bits per heavy atom. The highest BCUT2D eigenvalue weighted by molar-refractivity contribution is 6.74. The van der Waals surface area contributed by atoms with Gasteiger partial charge in [0.1, 0.15) is 17.6 Å². The molecule has 0 amide bonds. The number of nitrogens with zero attached hydrogens (tertiary/aromatic N) is 1. The molecule has 0 radical (unpaired) electrons. The Morgan fingerprint density at radius 1 is 1.17 bits per heavy atom. The van der Waals surface area contributed by atoms with Gasteiger partial charge in [-0.05, 0) is 36.3 Å². The van der Waals surface area contributed by atoms with Crippen LogP contribution in [-0.2, 0) is 4.43 Å². The minimum atomic E-state index is -2.22. The molecule has 0 fully saturated rings. The molecule has 0 aliphatic rings. The summed E-state index contributed by atoms with van der Waals surface area (Å²) in [7, 11) is 0.885. The molecule has 1 rings (SSSR count). The summed E-state index contributed by atoms with van der Waals surface area (Å²) in [6, 6.07) is 4.38. The molecule has 0 aliphatic heterocycles. The van der Waals surface area contributed by atoms with Gasteiger partial charge in [0.2, 0.25) is 6.04 Å². The van der Waals surface area contributed by atoms with Gasteiger partial charge in [-0.25, -0.2) is 0 Å². The van der Waals surface area contributed by atoms with Gasteiger partial charge < -0.3 is 13.9 Å². The van der Waals surface area contributed by atoms with Gasteiger partial charge >= 0.3 is 0 Å². The lowest BCUT2D eigenvalue weighted by Crippen LogP contribution is -2.44. The Balaban J connectivity index is 3.42. The normalized spacial score (nSPS) is 14.8. The zero-order valence-corrected chi connectivity index (χ0v) is 16.9. The molecule has 24 heavy (non-hydrogen) atoms. The second-order valence-corrected chi connectivity index (χ2v) is 12.2. The van der Waals surface area contributed by atoms with Crippen molar-refractivity contribution in [3.8, 4) is 11.5 Å². The summed E-state index contributed by atoms with van der Waals surface area (Å²) >= 11 is 0. The molecule has 1 aromatic rings. The molecule has 0 saturated heterocycles. The summed E-state index contributed by atoms with van der Waals surface area (Å²) in [5.74, 6) is 1.18. The van der Waals surface area contributed by atoms with Crippen LogP contribution in [0.3, 0.4) is 0 Å². The van der Waals surface area contributed by atoms with E-state index >= 15 is 0 Å². The van der Waals surface area contributed by atoms with E-state index in [0.29, 0.717) is 17.1 Å². The maximum absolute atomic E-state index is 11.5. The molecular formula is C17H29NO5Si. The second kappa shape index (κ2) is 7.52. The average molecular weight is 356 g/mol. The van der Waals surface area contributed by atoms with Crippen molar-refractivity contribution in [2.24, 2.45) is 0 Å². The van der Waals surface area contributed by atoms with Gasteiger partial charge in [0.05, 0.1) is 14.2 Å². The number of hydrogen-bond donors (Lipinski definition) is 0. The summed E-state index contributed by atoms with van der Waals surface area (Å²) in [6.45, 7) is 12.1. The first-order valence-corrected chi connectivity index (χ1v) is 10.9. The van der Waals surface area contributed by atoms with E-state index in [4.69, 9.17) is 13.9 Å². The fourth-order valence-corrected chi connectivity index (χ4v) is 3.40. The quantitative estimate of drug-likeness (QED) is 0.411. The van der Waals surface area contributed by atoms with Crippen LogP contribution in [0.4, 0.5) is 0 Å². The molecule has 0 spiro atoms. The lowest BCUT2D eigenvalue weighted by atomic mass is 10.0. The van der Waals surface area contributed by atoms with Crippen LogP contribution in [0.1, 0.15) is 39.4 Å². The van der Waals surface area contributed by atoms with E-state index in [9.17, 15) is 10.1 Å². The minimum absolute atomic E-state index is 0.0618. The van der Waals surface area contributed by atoms with Crippen LogP contribution in [0.15, 0.2) is 18.2 Å². The van der Waals surface area contributed by atoms with Gasteiger partial charge in [-0.3, -0.25) is 10.1 Å². The van der Waals surface area contributed by atoms with Crippen molar-refractivity contribution in [3.05, 3.63) is 33.9 Å². The molecular weight excluding hydrogens is 326 g/mol. The lowest BCUT2D eigenvalue weighted by Gasteiger charge is -2.39. The first kappa shape index (κ1) is 20.4. The molecule has 0 aliphatic carbocycles. The van der Waals surface area contributed by atoms with Crippen LogP contribution in [0, 0.1) is 10.1 Å². The number of nitro groups is 1. The SMILES string of the molecule is COc1ccc(OC)c(C(O[Si](C)(C)C(C)(C)C)C(C)[N+](=O)[O-])c1. The van der Waals surface area contributed by atoms with E-state index in [0.717, 1.165) is 0 Å². The van der Waals surface area contributed by atoms with Gasteiger partial charge in [-0.2, -0.15) is 0 Å². The summed E-state index contributed by atoms with van der Waals surface area (Å²) in [5, 5.41) is 11.4. The Bertz CT molecular complexity index is 583. The summed E-state index contributed by atoms with van der Waals surface area (Å²) in [5.41, 5.74) is 0.644. The zero-order valence-electron chi connectivity index (χ0n) is 15.9. The van der Waals surface area contributed by atoms with Crippen LogP contribution >= 0.6 is 0 Å². The molecule has 2 atom stereocenters. The molecule has 136 valence electrons. The van der Waals surface area contributed by atoms with Crippen molar-refractivity contribution in [3.63, 3.8) is 0 Å². The van der Waals surface area contributed by atoms with Gasteiger partial charge in [-0.1, -0.05) is 20.8 Å². The topological polar surface area (TPSA) is 70.8 Å². The zero-order chi connectivity index (χ0) is 18.7. The average Bonchev–Trinajstić information content (AvgIpc) is 2.50. The minimum Gasteiger partial charge on any atom is -0.497 e. The molecule has 1 aromatic carbocycles. The molecule has 0 N–H and O–H groups in total. The molecule has 2 unspecified atom stereocenters. The smallest absolute Gasteiger partial charge is 0.239 e. The predicted octanol–water partition coefficient (Wildman–Crippen LogP) is 4.43. The van der Waals surface area contributed by atoms with Crippen molar-refractivity contribution >= 4 is 8.32 Å². The van der Waals surface area contributed by atoms with Crippen LogP contribution < -0.4 is 9.47 Å². The third-order valence-corrected chi connectivity index (χ3v) is 9.20. The van der Waals surface area contributed by atoms with Gasteiger partial charge in [0.15, 0.2) is 8.32 Å². The van der Waals surface area contributed by atoms with Crippen LogP contribution in [-0.4, -0.2) is 33.5 Å². The molecule has 0 bridgehead atoms. The summed E-state index contributed by atoms with van der Waals surface area (Å²) in [4.78, 5) is 11.2. The van der Waals surface area contributed by atoms with Crippen molar-refractivity contribution in [2.75, 3.05) is 14.2 Å². The van der Waals surface area contributed by atoms with Gasteiger partial charge in [-0.15, -0.1) is 0 Å². The predicted molar refractivity (Wildman–Crippen MR) is 97.0 cm³/mol. The number of rotatable bonds is 7. The highest BCUT2D eigenvalue weighted by atomic mass is 28.4. The lowest BCUT2D eigenvalue weighted by molar-refractivity contribution is -0.530. The van der Waals surface area contributed by atoms with Crippen molar-refractivity contribution in [2.45, 2.75) is 58.0 Å². The first-order valence-electron chi connectivity index (χ1n) is 7.98. The molecule has 0 aromatic heterocycles. The largest absolute Gasteiger partial charge is 0.497 e. The highest BCUT2D eigenvalue weighted by Crippen LogP contribution is 2.43. The molecule has 6 nitrogen and oxygen atoms in total. The summed E-state index contributed by atoms with van der Waals surface area (Å²) < 4.78 is 17.1.